The van der Waals surface area contributed by atoms with E-state index >= 15 is 0 Å². The SMILES string of the molecule is CCCCCC/C=C\C=C/CCCCCCCC(=O)OC[C@H](COP(=O)(O)OC[C@@H](O)COP(=O)(O)OC[C@@H](COC(=O)CCCCCCC)OC(=O)CCCCCCCCC(C)CC)OC(=O)CCCCCCCCCCCCCCCCCCC(C)C. The summed E-state index contributed by atoms with van der Waals surface area (Å²) < 4.78 is 68.0. The van der Waals surface area contributed by atoms with E-state index in [0.717, 1.165) is 127 Å². The molecule has 0 aromatic carbocycles. The molecule has 0 aromatic heterocycles. The Labute approximate surface area is 542 Å². The third kappa shape index (κ3) is 62.7. The van der Waals surface area contributed by atoms with Gasteiger partial charge in [0.05, 0.1) is 26.4 Å². The van der Waals surface area contributed by atoms with Crippen molar-refractivity contribution >= 4 is 39.5 Å². The lowest BCUT2D eigenvalue weighted by Gasteiger charge is -2.21. The van der Waals surface area contributed by atoms with E-state index in [-0.39, 0.29) is 25.7 Å². The predicted octanol–water partition coefficient (Wildman–Crippen LogP) is 19.5. The molecule has 0 spiro atoms. The van der Waals surface area contributed by atoms with Crippen LogP contribution in [0.15, 0.2) is 24.3 Å². The number of esters is 4. The number of carbonyl (C=O) groups is 4. The first-order valence-electron chi connectivity index (χ1n) is 35.8. The average molecular weight is 1310 g/mol. The van der Waals surface area contributed by atoms with E-state index in [4.69, 9.17) is 37.0 Å². The molecule has 0 bridgehead atoms. The van der Waals surface area contributed by atoms with Gasteiger partial charge >= 0.3 is 39.5 Å². The van der Waals surface area contributed by atoms with Crippen LogP contribution >= 0.6 is 15.6 Å². The molecule has 0 rings (SSSR count). The van der Waals surface area contributed by atoms with Gasteiger partial charge in [-0.25, -0.2) is 9.13 Å². The van der Waals surface area contributed by atoms with Crippen LogP contribution < -0.4 is 0 Å². The topological polar surface area (TPSA) is 237 Å². The number of hydrogen-bond acceptors (Lipinski definition) is 15. The van der Waals surface area contributed by atoms with Gasteiger partial charge < -0.3 is 33.8 Å². The number of unbranched alkanes of at least 4 members (excludes halogenated alkanes) is 33. The number of phosphoric ester groups is 2. The molecule has 0 heterocycles. The third-order valence-corrected chi connectivity index (χ3v) is 17.8. The smallest absolute Gasteiger partial charge is 0.462 e. The quantitative estimate of drug-likeness (QED) is 0.0169. The molecule has 3 N–H and O–H groups in total. The first kappa shape index (κ1) is 86.5. The van der Waals surface area contributed by atoms with E-state index in [9.17, 15) is 43.2 Å². The first-order valence-corrected chi connectivity index (χ1v) is 38.8. The number of aliphatic hydroxyl groups excluding tert-OH is 1. The van der Waals surface area contributed by atoms with Gasteiger partial charge in [0, 0.05) is 25.7 Å². The molecule has 0 aliphatic heterocycles. The fourth-order valence-corrected chi connectivity index (χ4v) is 11.6. The molecule has 89 heavy (non-hydrogen) atoms. The van der Waals surface area contributed by atoms with Crippen LogP contribution in [0.3, 0.4) is 0 Å². The minimum Gasteiger partial charge on any atom is -0.462 e. The molecule has 0 aromatic rings. The van der Waals surface area contributed by atoms with E-state index in [0.29, 0.717) is 25.7 Å². The normalized spacial score (nSPS) is 14.6. The standard InChI is InChI=1S/C70H132O17P2/c1-7-10-12-14-15-16-17-18-21-25-28-31-34-41-47-53-68(73)81-59-66(86-69(74)54-48-42-35-32-29-26-23-20-19-22-24-27-30-33-39-44-50-62(4)5)61-85-89(78,79)83-57-64(71)56-82-88(76,77)84-60-65(58-80-67(72)52-46-38-13-11-8-2)87-70(75)55-49-43-37-36-40-45-51-63(6)9-3/h16-18,21,62-66,71H,7-15,19-20,22-61H2,1-6H3,(H,76,77)(H,78,79)/b17-16-,21-18-/t63?,64-,65+,66+/m0/s1. The van der Waals surface area contributed by atoms with Crippen LogP contribution in [0.25, 0.3) is 0 Å². The molecule has 0 aliphatic rings. The summed E-state index contributed by atoms with van der Waals surface area (Å²) in [5, 5.41) is 10.5. The summed E-state index contributed by atoms with van der Waals surface area (Å²) in [5.41, 5.74) is 0. The molecule has 19 heteroatoms. The molecule has 524 valence electrons. The lowest BCUT2D eigenvalue weighted by atomic mass is 10.00. The Balaban J connectivity index is 5.19. The Morgan fingerprint density at radius 1 is 0.371 bits per heavy atom. The van der Waals surface area contributed by atoms with Gasteiger partial charge in [0.25, 0.3) is 0 Å². The summed E-state index contributed by atoms with van der Waals surface area (Å²) in [6.45, 7) is 9.36. The molecule has 0 saturated carbocycles. The molecule has 0 fully saturated rings. The molecule has 0 amide bonds. The van der Waals surface area contributed by atoms with Crippen LogP contribution in [0.5, 0.6) is 0 Å². The van der Waals surface area contributed by atoms with Crippen molar-refractivity contribution in [2.45, 2.75) is 349 Å². The zero-order valence-electron chi connectivity index (χ0n) is 57.2. The molecular formula is C70H132O17P2. The zero-order chi connectivity index (χ0) is 65.7. The maximum Gasteiger partial charge on any atom is 0.472 e. The van der Waals surface area contributed by atoms with Gasteiger partial charge in [0.1, 0.15) is 19.3 Å². The highest BCUT2D eigenvalue weighted by atomic mass is 31.2. The van der Waals surface area contributed by atoms with Gasteiger partial charge in [-0.3, -0.25) is 37.3 Å². The lowest BCUT2D eigenvalue weighted by molar-refractivity contribution is -0.161. The van der Waals surface area contributed by atoms with Crippen molar-refractivity contribution < 1.29 is 80.2 Å². The van der Waals surface area contributed by atoms with E-state index < -0.39 is 97.5 Å². The van der Waals surface area contributed by atoms with Crippen molar-refractivity contribution in [3.63, 3.8) is 0 Å². The number of phosphoric acid groups is 2. The van der Waals surface area contributed by atoms with Crippen LogP contribution in [0, 0.1) is 11.8 Å². The lowest BCUT2D eigenvalue weighted by Crippen LogP contribution is -2.30. The highest BCUT2D eigenvalue weighted by molar-refractivity contribution is 7.47. The Hall–Kier alpha value is -2.46. The van der Waals surface area contributed by atoms with Gasteiger partial charge in [-0.15, -0.1) is 0 Å². The molecule has 17 nitrogen and oxygen atoms in total. The summed E-state index contributed by atoms with van der Waals surface area (Å²) in [7, 11) is -9.90. The Morgan fingerprint density at radius 2 is 0.663 bits per heavy atom. The molecule has 0 saturated heterocycles. The number of carbonyl (C=O) groups excluding carboxylic acids is 4. The van der Waals surface area contributed by atoms with E-state index in [1.165, 1.54) is 122 Å². The minimum absolute atomic E-state index is 0.0997. The number of rotatable bonds is 67. The maximum atomic E-state index is 13.0. The maximum absolute atomic E-state index is 13.0. The molecule has 3 unspecified atom stereocenters. The predicted molar refractivity (Wildman–Crippen MR) is 358 cm³/mol. The Kier molecular flexibility index (Phi) is 60.0. The fourth-order valence-electron chi connectivity index (χ4n) is 10.0. The van der Waals surface area contributed by atoms with E-state index in [2.05, 4.69) is 65.8 Å². The minimum atomic E-state index is -4.96. The second-order valence-corrected chi connectivity index (χ2v) is 28.2. The number of ether oxygens (including phenoxy) is 4. The Bertz CT molecular complexity index is 1830. The summed E-state index contributed by atoms with van der Waals surface area (Å²) in [4.78, 5) is 72.2. The van der Waals surface area contributed by atoms with Crippen molar-refractivity contribution in [1.29, 1.82) is 0 Å². The van der Waals surface area contributed by atoms with Crippen LogP contribution in [-0.2, 0) is 65.4 Å². The molecular weight excluding hydrogens is 1170 g/mol. The van der Waals surface area contributed by atoms with Crippen LogP contribution in [0.4, 0.5) is 0 Å². The third-order valence-electron chi connectivity index (χ3n) is 15.9. The number of aliphatic hydroxyl groups is 1. The summed E-state index contributed by atoms with van der Waals surface area (Å²) in [6.07, 6.45) is 49.9. The first-order chi connectivity index (χ1) is 42.9. The molecule has 0 radical (unpaired) electrons. The highest BCUT2D eigenvalue weighted by Crippen LogP contribution is 2.45. The van der Waals surface area contributed by atoms with Gasteiger partial charge in [-0.2, -0.15) is 0 Å². The number of hydrogen-bond donors (Lipinski definition) is 3. The van der Waals surface area contributed by atoms with Crippen LogP contribution in [0.2, 0.25) is 0 Å². The van der Waals surface area contributed by atoms with Crippen LogP contribution in [-0.4, -0.2) is 96.7 Å². The molecule has 6 atom stereocenters. The van der Waals surface area contributed by atoms with Gasteiger partial charge in [-0.05, 0) is 63.2 Å². The highest BCUT2D eigenvalue weighted by Gasteiger charge is 2.30. The number of allylic oxidation sites excluding steroid dienone is 4. The second kappa shape index (κ2) is 61.7. The fraction of sp³-hybridized carbons (Fsp3) is 0.886. The van der Waals surface area contributed by atoms with Gasteiger partial charge in [-0.1, -0.05) is 278 Å². The Morgan fingerprint density at radius 3 is 1.01 bits per heavy atom. The zero-order valence-corrected chi connectivity index (χ0v) is 59.0. The van der Waals surface area contributed by atoms with Crippen molar-refractivity contribution in [3.8, 4) is 0 Å². The second-order valence-electron chi connectivity index (χ2n) is 25.3. The van der Waals surface area contributed by atoms with Crippen molar-refractivity contribution in [2.75, 3.05) is 39.6 Å². The summed E-state index contributed by atoms with van der Waals surface area (Å²) in [5.74, 6) is -0.643. The van der Waals surface area contributed by atoms with Gasteiger partial charge in [0.2, 0.25) is 0 Å². The van der Waals surface area contributed by atoms with Crippen LogP contribution in [0.1, 0.15) is 330 Å². The van der Waals surface area contributed by atoms with E-state index in [1.54, 1.807) is 0 Å². The largest absolute Gasteiger partial charge is 0.472 e. The van der Waals surface area contributed by atoms with Crippen molar-refractivity contribution in [3.05, 3.63) is 24.3 Å². The van der Waals surface area contributed by atoms with Crippen molar-refractivity contribution in [2.24, 2.45) is 11.8 Å². The summed E-state index contributed by atoms with van der Waals surface area (Å²) >= 11 is 0. The van der Waals surface area contributed by atoms with Crippen molar-refractivity contribution in [1.82, 2.24) is 0 Å². The van der Waals surface area contributed by atoms with E-state index in [1.807, 2.05) is 0 Å². The van der Waals surface area contributed by atoms with Gasteiger partial charge in [0.15, 0.2) is 12.2 Å². The monoisotopic (exact) mass is 1310 g/mol. The average Bonchev–Trinajstić information content (AvgIpc) is 3.58. The summed E-state index contributed by atoms with van der Waals surface area (Å²) in [6, 6.07) is 0. The molecule has 0 aliphatic carbocycles.